The van der Waals surface area contributed by atoms with Crippen LogP contribution in [-0.4, -0.2) is 23.4 Å². The Kier molecular flexibility index (Phi) is 5.79. The number of carbonyl (C=O) groups is 2. The van der Waals surface area contributed by atoms with Gasteiger partial charge in [0.1, 0.15) is 0 Å². The fourth-order valence-corrected chi connectivity index (χ4v) is 1.81. The van der Waals surface area contributed by atoms with Crippen molar-refractivity contribution in [2.45, 2.75) is 0 Å². The van der Waals surface area contributed by atoms with E-state index < -0.39 is 23.4 Å². The average molecular weight is 326 g/mol. The Morgan fingerprint density at radius 2 is 1.88 bits per heavy atom. The fraction of sp³-hybridized carbons (Fsp3) is 0.0588. The van der Waals surface area contributed by atoms with Gasteiger partial charge in [0.25, 0.3) is 11.6 Å². The largest absolute Gasteiger partial charge is 0.452 e. The van der Waals surface area contributed by atoms with Crippen LogP contribution in [0, 0.1) is 10.1 Å². The van der Waals surface area contributed by atoms with Crippen molar-refractivity contribution in [2.24, 2.45) is 0 Å². The van der Waals surface area contributed by atoms with Gasteiger partial charge in [-0.05, 0) is 23.8 Å². The highest BCUT2D eigenvalue weighted by atomic mass is 16.6. The Bertz CT molecular complexity index is 772. The second-order valence-corrected chi connectivity index (χ2v) is 4.71. The highest BCUT2D eigenvalue weighted by Crippen LogP contribution is 2.14. The number of hydrogen-bond acceptors (Lipinski definition) is 5. The van der Waals surface area contributed by atoms with Gasteiger partial charge in [-0.2, -0.15) is 0 Å². The molecule has 0 aromatic heterocycles. The van der Waals surface area contributed by atoms with Gasteiger partial charge >= 0.3 is 5.97 Å². The van der Waals surface area contributed by atoms with Crippen molar-refractivity contribution in [3.8, 4) is 0 Å². The second-order valence-electron chi connectivity index (χ2n) is 4.71. The number of nitro benzene ring substituents is 1. The Balaban J connectivity index is 1.83. The summed E-state index contributed by atoms with van der Waals surface area (Å²) in [6.45, 7) is -0.424. The van der Waals surface area contributed by atoms with Gasteiger partial charge in [-0.25, -0.2) is 4.79 Å². The van der Waals surface area contributed by atoms with Crippen LogP contribution in [0.15, 0.2) is 60.7 Å². The third-order valence-corrected chi connectivity index (χ3v) is 2.90. The highest BCUT2D eigenvalue weighted by molar-refractivity contribution is 5.94. The molecule has 0 radical (unpaired) electrons. The number of para-hydroxylation sites is 1. The van der Waals surface area contributed by atoms with Crippen LogP contribution in [0.1, 0.15) is 5.56 Å². The molecule has 1 amide bonds. The SMILES string of the molecule is O=C(COC(=O)/C=C/c1cccc([N+](=O)[O-])c1)Nc1ccccc1. The van der Waals surface area contributed by atoms with Crippen molar-refractivity contribution in [3.63, 3.8) is 0 Å². The molecule has 7 nitrogen and oxygen atoms in total. The number of non-ortho nitro benzene ring substituents is 1. The van der Waals surface area contributed by atoms with E-state index in [9.17, 15) is 19.7 Å². The van der Waals surface area contributed by atoms with E-state index in [4.69, 9.17) is 4.74 Å². The second kappa shape index (κ2) is 8.23. The first-order chi connectivity index (χ1) is 11.5. The Hall–Kier alpha value is -3.48. The number of anilines is 1. The summed E-state index contributed by atoms with van der Waals surface area (Å²) in [4.78, 5) is 33.3. The first kappa shape index (κ1) is 16.9. The minimum Gasteiger partial charge on any atom is -0.452 e. The van der Waals surface area contributed by atoms with Crippen LogP contribution in [0.5, 0.6) is 0 Å². The number of amides is 1. The third kappa shape index (κ3) is 5.38. The Morgan fingerprint density at radius 3 is 2.58 bits per heavy atom. The summed E-state index contributed by atoms with van der Waals surface area (Å²) in [5.74, 6) is -1.18. The summed E-state index contributed by atoms with van der Waals surface area (Å²) < 4.78 is 4.80. The average Bonchev–Trinajstić information content (AvgIpc) is 2.59. The number of benzene rings is 2. The zero-order valence-electron chi connectivity index (χ0n) is 12.5. The lowest BCUT2D eigenvalue weighted by atomic mass is 10.2. The predicted molar refractivity (Wildman–Crippen MR) is 88.2 cm³/mol. The van der Waals surface area contributed by atoms with Gasteiger partial charge in [0, 0.05) is 23.9 Å². The fourth-order valence-electron chi connectivity index (χ4n) is 1.81. The molecule has 0 saturated carbocycles. The first-order valence-corrected chi connectivity index (χ1v) is 6.99. The smallest absolute Gasteiger partial charge is 0.331 e. The van der Waals surface area contributed by atoms with E-state index in [1.807, 2.05) is 6.07 Å². The van der Waals surface area contributed by atoms with Crippen LogP contribution >= 0.6 is 0 Å². The minimum absolute atomic E-state index is 0.0762. The lowest BCUT2D eigenvalue weighted by Crippen LogP contribution is -2.20. The monoisotopic (exact) mass is 326 g/mol. The molecule has 0 aliphatic carbocycles. The number of carbonyl (C=O) groups excluding carboxylic acids is 2. The normalized spacial score (nSPS) is 10.3. The molecule has 0 aliphatic rings. The van der Waals surface area contributed by atoms with Crippen LogP contribution in [0.3, 0.4) is 0 Å². The number of nitrogens with one attached hydrogen (secondary N) is 1. The van der Waals surface area contributed by atoms with E-state index in [0.717, 1.165) is 6.08 Å². The Labute approximate surface area is 137 Å². The lowest BCUT2D eigenvalue weighted by Gasteiger charge is -2.04. The molecular formula is C17H14N2O5. The van der Waals surface area contributed by atoms with Gasteiger partial charge < -0.3 is 10.1 Å². The summed E-state index contributed by atoms with van der Waals surface area (Å²) in [6, 6.07) is 14.6. The van der Waals surface area contributed by atoms with Crippen molar-refractivity contribution in [1.82, 2.24) is 0 Å². The molecule has 0 heterocycles. The number of nitrogens with zero attached hydrogens (tertiary/aromatic N) is 1. The molecule has 24 heavy (non-hydrogen) atoms. The Morgan fingerprint density at radius 1 is 1.12 bits per heavy atom. The molecule has 2 rings (SSSR count). The standard InChI is InChI=1S/C17H14N2O5/c20-16(18-14-6-2-1-3-7-14)12-24-17(21)10-9-13-5-4-8-15(11-13)19(22)23/h1-11H,12H2,(H,18,20)/b10-9+. The molecular weight excluding hydrogens is 312 g/mol. The molecule has 1 N–H and O–H groups in total. The van der Waals surface area contributed by atoms with Crippen LogP contribution in [0.25, 0.3) is 6.08 Å². The number of esters is 1. The van der Waals surface area contributed by atoms with Crippen LogP contribution in [-0.2, 0) is 14.3 Å². The summed E-state index contributed by atoms with van der Waals surface area (Å²) in [7, 11) is 0. The summed E-state index contributed by atoms with van der Waals surface area (Å²) >= 11 is 0. The van der Waals surface area contributed by atoms with E-state index in [1.165, 1.54) is 24.3 Å². The summed E-state index contributed by atoms with van der Waals surface area (Å²) in [5.41, 5.74) is 1.01. The summed E-state index contributed by atoms with van der Waals surface area (Å²) in [5, 5.41) is 13.2. The van der Waals surface area contributed by atoms with E-state index in [1.54, 1.807) is 30.3 Å². The number of nitro groups is 1. The van der Waals surface area contributed by atoms with Gasteiger partial charge in [0.2, 0.25) is 0 Å². The predicted octanol–water partition coefficient (Wildman–Crippen LogP) is 2.79. The van der Waals surface area contributed by atoms with Gasteiger partial charge in [-0.3, -0.25) is 14.9 Å². The summed E-state index contributed by atoms with van der Waals surface area (Å²) in [6.07, 6.45) is 2.49. The molecule has 7 heteroatoms. The van der Waals surface area contributed by atoms with Gasteiger partial charge in [-0.1, -0.05) is 30.3 Å². The first-order valence-electron chi connectivity index (χ1n) is 6.99. The van der Waals surface area contributed by atoms with E-state index in [-0.39, 0.29) is 5.69 Å². The molecule has 2 aromatic carbocycles. The van der Waals surface area contributed by atoms with Crippen LogP contribution in [0.2, 0.25) is 0 Å². The molecule has 0 atom stereocenters. The maximum absolute atomic E-state index is 11.6. The van der Waals surface area contributed by atoms with E-state index >= 15 is 0 Å². The van der Waals surface area contributed by atoms with Crippen molar-refractivity contribution >= 4 is 29.3 Å². The third-order valence-electron chi connectivity index (χ3n) is 2.90. The van der Waals surface area contributed by atoms with Gasteiger partial charge in [0.15, 0.2) is 6.61 Å². The lowest BCUT2D eigenvalue weighted by molar-refractivity contribution is -0.384. The zero-order chi connectivity index (χ0) is 17.4. The minimum atomic E-state index is -0.718. The quantitative estimate of drug-likeness (QED) is 0.381. The highest BCUT2D eigenvalue weighted by Gasteiger charge is 2.06. The van der Waals surface area contributed by atoms with Crippen LogP contribution < -0.4 is 5.32 Å². The van der Waals surface area contributed by atoms with Crippen molar-refractivity contribution in [3.05, 3.63) is 76.4 Å². The molecule has 0 unspecified atom stereocenters. The van der Waals surface area contributed by atoms with Crippen molar-refractivity contribution < 1.29 is 19.2 Å². The molecule has 0 bridgehead atoms. The van der Waals surface area contributed by atoms with Crippen molar-refractivity contribution in [1.29, 1.82) is 0 Å². The number of hydrogen-bond donors (Lipinski definition) is 1. The number of rotatable bonds is 6. The molecule has 0 fully saturated rings. The number of ether oxygens (including phenoxy) is 1. The molecule has 0 aliphatic heterocycles. The topological polar surface area (TPSA) is 98.5 Å². The van der Waals surface area contributed by atoms with Crippen LogP contribution in [0.4, 0.5) is 11.4 Å². The maximum atomic E-state index is 11.6. The van der Waals surface area contributed by atoms with Crippen molar-refractivity contribution in [2.75, 3.05) is 11.9 Å². The molecule has 2 aromatic rings. The molecule has 0 saturated heterocycles. The van der Waals surface area contributed by atoms with Gasteiger partial charge in [0.05, 0.1) is 4.92 Å². The maximum Gasteiger partial charge on any atom is 0.331 e. The molecule has 122 valence electrons. The van der Waals surface area contributed by atoms with E-state index in [0.29, 0.717) is 11.3 Å². The van der Waals surface area contributed by atoms with E-state index in [2.05, 4.69) is 5.32 Å². The zero-order valence-corrected chi connectivity index (χ0v) is 12.5. The molecule has 0 spiro atoms. The van der Waals surface area contributed by atoms with Gasteiger partial charge in [-0.15, -0.1) is 0 Å².